The number of aryl methyl sites for hydroxylation is 2. The molecule has 1 unspecified atom stereocenters. The molecule has 3 aromatic rings. The summed E-state index contributed by atoms with van der Waals surface area (Å²) in [6.07, 6.45) is 5.34. The zero-order chi connectivity index (χ0) is 22.9. The molecule has 33 heavy (non-hydrogen) atoms. The number of benzene rings is 2. The van der Waals surface area contributed by atoms with E-state index in [0.717, 1.165) is 62.8 Å². The second-order valence-electron chi connectivity index (χ2n) is 8.70. The molecule has 0 saturated carbocycles. The Bertz CT molecular complexity index is 1020. The van der Waals surface area contributed by atoms with Gasteiger partial charge in [0.1, 0.15) is 0 Å². The Hall–Kier alpha value is -3.12. The number of hydrogen-bond acceptors (Lipinski definition) is 3. The highest BCUT2D eigenvalue weighted by Gasteiger charge is 2.24. The molecular weight excluding hydrogens is 410 g/mol. The molecule has 1 N–H and O–H groups in total. The summed E-state index contributed by atoms with van der Waals surface area (Å²) >= 11 is 0. The molecule has 2 aromatic carbocycles. The van der Waals surface area contributed by atoms with Crippen LogP contribution in [0, 0.1) is 12.8 Å². The molecule has 0 spiro atoms. The van der Waals surface area contributed by atoms with Crippen molar-refractivity contribution >= 4 is 5.96 Å². The minimum atomic E-state index is 0.554. The van der Waals surface area contributed by atoms with Gasteiger partial charge in [-0.05, 0) is 49.4 Å². The summed E-state index contributed by atoms with van der Waals surface area (Å²) in [5.41, 5.74) is 4.73. The van der Waals surface area contributed by atoms with Crippen molar-refractivity contribution in [2.24, 2.45) is 10.9 Å². The number of aromatic nitrogens is 2. The van der Waals surface area contributed by atoms with Gasteiger partial charge >= 0.3 is 0 Å². The number of para-hydroxylation sites is 1. The zero-order valence-electron chi connectivity index (χ0n) is 19.8. The van der Waals surface area contributed by atoms with Gasteiger partial charge in [-0.2, -0.15) is 5.10 Å². The number of aliphatic imine (C=N–C) groups is 1. The number of nitrogens with one attached hydrogen (secondary N) is 1. The van der Waals surface area contributed by atoms with Gasteiger partial charge in [0.2, 0.25) is 0 Å². The molecule has 6 nitrogen and oxygen atoms in total. The van der Waals surface area contributed by atoms with Gasteiger partial charge in [0, 0.05) is 38.8 Å². The third-order valence-corrected chi connectivity index (χ3v) is 6.19. The normalized spacial score (nSPS) is 16.4. The van der Waals surface area contributed by atoms with Crippen molar-refractivity contribution in [1.82, 2.24) is 20.0 Å². The monoisotopic (exact) mass is 445 g/mol. The Balaban J connectivity index is 1.18. The van der Waals surface area contributed by atoms with Crippen molar-refractivity contribution in [3.63, 3.8) is 0 Å². The highest BCUT2D eigenvalue weighted by molar-refractivity contribution is 5.80. The van der Waals surface area contributed by atoms with Crippen molar-refractivity contribution in [2.45, 2.75) is 32.8 Å². The fourth-order valence-electron chi connectivity index (χ4n) is 4.34. The van der Waals surface area contributed by atoms with E-state index in [1.807, 2.05) is 36.0 Å². The van der Waals surface area contributed by atoms with E-state index in [9.17, 15) is 0 Å². The Kier molecular flexibility index (Phi) is 8.14. The van der Waals surface area contributed by atoms with Crippen molar-refractivity contribution in [2.75, 3.05) is 33.3 Å². The molecule has 174 valence electrons. The SMILES string of the molecule is CN=C(NCCCc1cn(-c2ccccc2)nc1C)N1CCC(COCc2ccccc2)C1. The molecule has 0 bridgehead atoms. The number of guanidine groups is 1. The number of nitrogens with zero attached hydrogens (tertiary/aromatic N) is 4. The van der Waals surface area contributed by atoms with Gasteiger partial charge in [0.05, 0.1) is 24.6 Å². The van der Waals surface area contributed by atoms with Crippen LogP contribution in [0.2, 0.25) is 0 Å². The minimum absolute atomic E-state index is 0.554. The fraction of sp³-hybridized carbons (Fsp3) is 0.407. The van der Waals surface area contributed by atoms with Crippen LogP contribution in [-0.4, -0.2) is 53.9 Å². The van der Waals surface area contributed by atoms with Crippen LogP contribution in [0.1, 0.15) is 29.7 Å². The highest BCUT2D eigenvalue weighted by atomic mass is 16.5. The summed E-state index contributed by atoms with van der Waals surface area (Å²) in [5.74, 6) is 1.55. The van der Waals surface area contributed by atoms with E-state index in [-0.39, 0.29) is 0 Å². The van der Waals surface area contributed by atoms with Crippen molar-refractivity contribution < 1.29 is 4.74 Å². The van der Waals surface area contributed by atoms with Gasteiger partial charge in [0.25, 0.3) is 0 Å². The quantitative estimate of drug-likeness (QED) is 0.304. The third kappa shape index (κ3) is 6.45. The average Bonchev–Trinajstić information content (AvgIpc) is 3.47. The molecule has 6 heteroatoms. The van der Waals surface area contributed by atoms with Crippen molar-refractivity contribution in [3.05, 3.63) is 83.7 Å². The zero-order valence-corrected chi connectivity index (χ0v) is 19.8. The smallest absolute Gasteiger partial charge is 0.193 e. The molecule has 1 saturated heterocycles. The molecule has 1 fully saturated rings. The lowest BCUT2D eigenvalue weighted by atomic mass is 10.1. The molecule has 1 aromatic heterocycles. The van der Waals surface area contributed by atoms with Gasteiger partial charge < -0.3 is 15.0 Å². The van der Waals surface area contributed by atoms with E-state index in [0.29, 0.717) is 12.5 Å². The molecular formula is C27H35N5O. The molecule has 4 rings (SSSR count). The van der Waals surface area contributed by atoms with Crippen LogP contribution in [0.3, 0.4) is 0 Å². The Morgan fingerprint density at radius 3 is 2.64 bits per heavy atom. The lowest BCUT2D eigenvalue weighted by molar-refractivity contribution is 0.0907. The first kappa shape index (κ1) is 23.1. The predicted molar refractivity (Wildman–Crippen MR) is 134 cm³/mol. The maximum atomic E-state index is 5.96. The summed E-state index contributed by atoms with van der Waals surface area (Å²) in [6.45, 7) is 6.50. The number of likely N-dealkylation sites (tertiary alicyclic amines) is 1. The van der Waals surface area contributed by atoms with Crippen LogP contribution in [0.4, 0.5) is 0 Å². The number of ether oxygens (including phenoxy) is 1. The van der Waals surface area contributed by atoms with E-state index in [1.165, 1.54) is 11.1 Å². The molecule has 2 heterocycles. The van der Waals surface area contributed by atoms with Gasteiger partial charge in [0.15, 0.2) is 5.96 Å². The summed E-state index contributed by atoms with van der Waals surface area (Å²) in [5, 5.41) is 8.23. The van der Waals surface area contributed by atoms with E-state index in [1.54, 1.807) is 0 Å². The summed E-state index contributed by atoms with van der Waals surface area (Å²) < 4.78 is 7.94. The maximum absolute atomic E-state index is 5.96. The largest absolute Gasteiger partial charge is 0.376 e. The predicted octanol–water partition coefficient (Wildman–Crippen LogP) is 4.23. The molecule has 1 atom stereocenters. The van der Waals surface area contributed by atoms with Crippen LogP contribution in [0.25, 0.3) is 5.69 Å². The first-order valence-corrected chi connectivity index (χ1v) is 11.9. The Morgan fingerprint density at radius 2 is 1.88 bits per heavy atom. The number of hydrogen-bond donors (Lipinski definition) is 1. The van der Waals surface area contributed by atoms with Crippen molar-refractivity contribution in [3.8, 4) is 5.69 Å². The van der Waals surface area contributed by atoms with Gasteiger partial charge in [-0.15, -0.1) is 0 Å². The average molecular weight is 446 g/mol. The van der Waals surface area contributed by atoms with E-state index >= 15 is 0 Å². The third-order valence-electron chi connectivity index (χ3n) is 6.19. The second-order valence-corrected chi connectivity index (χ2v) is 8.70. The molecule has 0 aliphatic carbocycles. The van der Waals surface area contributed by atoms with Crippen LogP contribution in [0.5, 0.6) is 0 Å². The van der Waals surface area contributed by atoms with Gasteiger partial charge in [-0.1, -0.05) is 48.5 Å². The topological polar surface area (TPSA) is 54.7 Å². The van der Waals surface area contributed by atoms with Crippen LogP contribution < -0.4 is 5.32 Å². The van der Waals surface area contributed by atoms with Gasteiger partial charge in [-0.3, -0.25) is 4.99 Å². The first-order chi connectivity index (χ1) is 16.2. The van der Waals surface area contributed by atoms with E-state index in [2.05, 4.69) is 69.8 Å². The summed E-state index contributed by atoms with van der Waals surface area (Å²) in [4.78, 5) is 6.87. The standard InChI is InChI=1S/C27H35N5O/c1-22-25(19-32(30-22)26-13-7-4-8-14-26)12-9-16-29-27(28-2)31-17-15-24(18-31)21-33-20-23-10-5-3-6-11-23/h3-8,10-11,13-14,19,24H,9,12,15-18,20-21H2,1-2H3,(H,28,29). The lowest BCUT2D eigenvalue weighted by Gasteiger charge is -2.21. The van der Waals surface area contributed by atoms with E-state index < -0.39 is 0 Å². The lowest BCUT2D eigenvalue weighted by Crippen LogP contribution is -2.40. The van der Waals surface area contributed by atoms with Gasteiger partial charge in [-0.25, -0.2) is 4.68 Å². The van der Waals surface area contributed by atoms with Crippen molar-refractivity contribution in [1.29, 1.82) is 0 Å². The molecule has 1 aliphatic heterocycles. The first-order valence-electron chi connectivity index (χ1n) is 11.9. The van der Waals surface area contributed by atoms with Crippen LogP contribution >= 0.6 is 0 Å². The molecule has 1 aliphatic rings. The fourth-order valence-corrected chi connectivity index (χ4v) is 4.34. The van der Waals surface area contributed by atoms with E-state index in [4.69, 9.17) is 4.74 Å². The summed E-state index contributed by atoms with van der Waals surface area (Å²) in [7, 11) is 1.87. The second kappa shape index (κ2) is 11.7. The Morgan fingerprint density at radius 1 is 1.12 bits per heavy atom. The molecule has 0 radical (unpaired) electrons. The Labute approximate surface area is 197 Å². The van der Waals surface area contributed by atoms with Crippen LogP contribution in [0.15, 0.2) is 71.9 Å². The number of rotatable bonds is 9. The summed E-state index contributed by atoms with van der Waals surface area (Å²) in [6, 6.07) is 20.6. The molecule has 0 amide bonds. The maximum Gasteiger partial charge on any atom is 0.193 e. The highest BCUT2D eigenvalue weighted by Crippen LogP contribution is 2.18. The minimum Gasteiger partial charge on any atom is -0.376 e. The van der Waals surface area contributed by atoms with Crippen LogP contribution in [-0.2, 0) is 17.8 Å².